The van der Waals surface area contributed by atoms with Gasteiger partial charge in [0, 0.05) is 0 Å². The molecule has 0 saturated heterocycles. The lowest BCUT2D eigenvalue weighted by atomic mass is 10.4. The third-order valence-corrected chi connectivity index (χ3v) is 1.09. The molecule has 12 heavy (non-hydrogen) atoms. The zero-order valence-corrected chi connectivity index (χ0v) is 6.87. The van der Waals surface area contributed by atoms with Crippen molar-refractivity contribution in [3.05, 3.63) is 11.3 Å². The van der Waals surface area contributed by atoms with E-state index in [2.05, 4.69) is 4.74 Å². The summed E-state index contributed by atoms with van der Waals surface area (Å²) in [4.78, 5) is 10.3. The molecule has 0 aliphatic rings. The van der Waals surface area contributed by atoms with Gasteiger partial charge >= 0.3 is 6.18 Å². The van der Waals surface area contributed by atoms with Gasteiger partial charge in [-0.3, -0.25) is 4.79 Å². The number of carbonyl (C=O) groups is 1. The Morgan fingerprint density at radius 3 is 2.42 bits per heavy atom. The zero-order valence-electron chi connectivity index (χ0n) is 6.11. The van der Waals surface area contributed by atoms with Crippen molar-refractivity contribution in [2.45, 2.75) is 13.1 Å². The Kier molecular flexibility index (Phi) is 4.09. The van der Waals surface area contributed by atoms with E-state index in [-0.39, 0.29) is 6.61 Å². The van der Waals surface area contributed by atoms with Gasteiger partial charge in [0.25, 0.3) is 5.78 Å². The predicted molar refractivity (Wildman–Crippen MR) is 36.6 cm³/mol. The minimum Gasteiger partial charge on any atom is -0.500 e. The molecule has 0 unspecified atom stereocenters. The van der Waals surface area contributed by atoms with E-state index in [1.54, 1.807) is 6.92 Å². The second kappa shape index (κ2) is 4.35. The largest absolute Gasteiger partial charge is 0.500 e. The number of hydrogen-bond acceptors (Lipinski definition) is 2. The van der Waals surface area contributed by atoms with Gasteiger partial charge in [0.15, 0.2) is 0 Å². The summed E-state index contributed by atoms with van der Waals surface area (Å²) < 4.78 is 39.2. The molecule has 0 fully saturated rings. The van der Waals surface area contributed by atoms with Crippen LogP contribution in [-0.4, -0.2) is 18.6 Å². The van der Waals surface area contributed by atoms with Crippen LogP contribution in [0.2, 0.25) is 0 Å². The van der Waals surface area contributed by atoms with E-state index in [0.717, 1.165) is 0 Å². The third kappa shape index (κ3) is 3.61. The SMILES string of the molecule is CCO/C=C(\Cl)C(=O)C(F)(F)F. The predicted octanol–water partition coefficient (Wildman–Crippen LogP) is 2.23. The summed E-state index contributed by atoms with van der Waals surface area (Å²) in [5.41, 5.74) is 0. The second-order valence-corrected chi connectivity index (χ2v) is 2.16. The maximum absolute atomic E-state index is 11.6. The molecule has 0 aromatic rings. The molecule has 70 valence electrons. The highest BCUT2D eigenvalue weighted by Crippen LogP contribution is 2.22. The molecule has 0 aliphatic carbocycles. The fourth-order valence-corrected chi connectivity index (χ4v) is 0.516. The van der Waals surface area contributed by atoms with Gasteiger partial charge in [0.2, 0.25) is 0 Å². The van der Waals surface area contributed by atoms with E-state index in [4.69, 9.17) is 11.6 Å². The number of hydrogen-bond donors (Lipinski definition) is 0. The molecule has 0 spiro atoms. The molecule has 0 aromatic carbocycles. The Bertz CT molecular complexity index is 197. The van der Waals surface area contributed by atoms with Crippen molar-refractivity contribution in [1.82, 2.24) is 0 Å². The van der Waals surface area contributed by atoms with Gasteiger partial charge in [-0.05, 0) is 6.92 Å². The number of ether oxygens (including phenoxy) is 1. The Morgan fingerprint density at radius 2 is 2.08 bits per heavy atom. The molecule has 2 nitrogen and oxygen atoms in total. The quantitative estimate of drug-likeness (QED) is 0.518. The lowest BCUT2D eigenvalue weighted by Crippen LogP contribution is -2.22. The van der Waals surface area contributed by atoms with Gasteiger partial charge in [-0.1, -0.05) is 11.6 Å². The molecule has 0 radical (unpaired) electrons. The normalized spacial score (nSPS) is 12.9. The monoisotopic (exact) mass is 202 g/mol. The summed E-state index contributed by atoms with van der Waals surface area (Å²) >= 11 is 4.96. The first kappa shape index (κ1) is 11.3. The highest BCUT2D eigenvalue weighted by atomic mass is 35.5. The van der Waals surface area contributed by atoms with Crippen LogP contribution in [0.4, 0.5) is 13.2 Å². The lowest BCUT2D eigenvalue weighted by molar-refractivity contribution is -0.165. The maximum Gasteiger partial charge on any atom is 0.455 e. The number of halogens is 4. The van der Waals surface area contributed by atoms with E-state index in [1.807, 2.05) is 0 Å². The van der Waals surface area contributed by atoms with Gasteiger partial charge in [-0.2, -0.15) is 13.2 Å². The standard InChI is InChI=1S/C6H6ClF3O2/c1-2-12-3-4(7)5(11)6(8,9)10/h3H,2H2,1H3/b4-3-. The molecule has 0 aliphatic heterocycles. The number of Topliss-reactive ketones (excluding diaryl/α,β-unsaturated/α-hetero) is 1. The van der Waals surface area contributed by atoms with Crippen LogP contribution >= 0.6 is 11.6 Å². The molecule has 0 N–H and O–H groups in total. The lowest BCUT2D eigenvalue weighted by Gasteiger charge is -2.02. The van der Waals surface area contributed by atoms with Gasteiger partial charge in [0.1, 0.15) is 11.3 Å². The molecule has 0 saturated carbocycles. The van der Waals surface area contributed by atoms with E-state index >= 15 is 0 Å². The average molecular weight is 203 g/mol. The van der Waals surface area contributed by atoms with Crippen LogP contribution < -0.4 is 0 Å². The Morgan fingerprint density at radius 1 is 1.58 bits per heavy atom. The third-order valence-electron chi connectivity index (χ3n) is 0.828. The van der Waals surface area contributed by atoms with Gasteiger partial charge < -0.3 is 4.74 Å². The smallest absolute Gasteiger partial charge is 0.455 e. The van der Waals surface area contributed by atoms with Gasteiger partial charge in [-0.25, -0.2) is 0 Å². The van der Waals surface area contributed by atoms with E-state index in [0.29, 0.717) is 6.26 Å². The van der Waals surface area contributed by atoms with E-state index in [1.165, 1.54) is 0 Å². The minimum atomic E-state index is -4.94. The van der Waals surface area contributed by atoms with Crippen LogP contribution in [0.15, 0.2) is 11.3 Å². The van der Waals surface area contributed by atoms with Crippen molar-refractivity contribution in [2.24, 2.45) is 0 Å². The molecule has 0 rings (SSSR count). The molecular formula is C6H6ClF3O2. The van der Waals surface area contributed by atoms with E-state index < -0.39 is 17.0 Å². The molecule has 0 aromatic heterocycles. The summed E-state index contributed by atoms with van der Waals surface area (Å²) in [6.07, 6.45) is -4.36. The summed E-state index contributed by atoms with van der Waals surface area (Å²) in [6.45, 7) is 1.71. The summed E-state index contributed by atoms with van der Waals surface area (Å²) in [7, 11) is 0. The number of alkyl halides is 3. The molecule has 0 atom stereocenters. The fourth-order valence-electron chi connectivity index (χ4n) is 0.345. The van der Waals surface area contributed by atoms with Crippen LogP contribution in [0.25, 0.3) is 0 Å². The van der Waals surface area contributed by atoms with Crippen molar-refractivity contribution < 1.29 is 22.7 Å². The highest BCUT2D eigenvalue weighted by Gasteiger charge is 2.40. The number of rotatable bonds is 3. The molecule has 6 heteroatoms. The van der Waals surface area contributed by atoms with Crippen molar-refractivity contribution in [2.75, 3.05) is 6.61 Å². The van der Waals surface area contributed by atoms with Crippen molar-refractivity contribution in [3.63, 3.8) is 0 Å². The Hall–Kier alpha value is -0.710. The summed E-state index contributed by atoms with van der Waals surface area (Å²) in [5, 5.41) is -0.968. The maximum atomic E-state index is 11.6. The Labute approximate surface area is 71.9 Å². The summed E-state index contributed by atoms with van der Waals surface area (Å²) in [5.74, 6) is -2.10. The van der Waals surface area contributed by atoms with Crippen molar-refractivity contribution >= 4 is 17.4 Å². The molecule has 0 bridgehead atoms. The van der Waals surface area contributed by atoms with Crippen LogP contribution in [0, 0.1) is 0 Å². The first-order chi connectivity index (χ1) is 5.39. The minimum absolute atomic E-state index is 0.154. The van der Waals surface area contributed by atoms with Gasteiger partial charge in [-0.15, -0.1) is 0 Å². The number of ketones is 1. The van der Waals surface area contributed by atoms with Crippen LogP contribution in [0.5, 0.6) is 0 Å². The average Bonchev–Trinajstić information content (AvgIpc) is 1.97. The van der Waals surface area contributed by atoms with Crippen molar-refractivity contribution in [3.8, 4) is 0 Å². The van der Waals surface area contributed by atoms with Crippen LogP contribution in [0.1, 0.15) is 6.92 Å². The topological polar surface area (TPSA) is 26.3 Å². The van der Waals surface area contributed by atoms with Crippen LogP contribution in [0.3, 0.4) is 0 Å². The van der Waals surface area contributed by atoms with Crippen molar-refractivity contribution in [1.29, 1.82) is 0 Å². The Balaban J connectivity index is 4.30. The number of carbonyl (C=O) groups excluding carboxylic acids is 1. The molecule has 0 heterocycles. The van der Waals surface area contributed by atoms with Gasteiger partial charge in [0.05, 0.1) is 6.61 Å². The molecular weight excluding hydrogens is 197 g/mol. The molecule has 0 amide bonds. The van der Waals surface area contributed by atoms with E-state index in [9.17, 15) is 18.0 Å². The first-order valence-corrected chi connectivity index (χ1v) is 3.36. The van der Waals surface area contributed by atoms with Crippen LogP contribution in [-0.2, 0) is 9.53 Å². The summed E-state index contributed by atoms with van der Waals surface area (Å²) in [6, 6.07) is 0. The first-order valence-electron chi connectivity index (χ1n) is 2.98. The second-order valence-electron chi connectivity index (χ2n) is 1.75. The zero-order chi connectivity index (χ0) is 9.78. The highest BCUT2D eigenvalue weighted by molar-refractivity contribution is 6.43. The fraction of sp³-hybridized carbons (Fsp3) is 0.500. The number of allylic oxidation sites excluding steroid dienone is 1.